The first-order chi connectivity index (χ1) is 5.20. The molecule has 1 aliphatic rings. The van der Waals surface area contributed by atoms with E-state index in [1.54, 1.807) is 0 Å². The lowest BCUT2D eigenvalue weighted by molar-refractivity contribution is -0.131. The molecule has 1 saturated heterocycles. The van der Waals surface area contributed by atoms with Gasteiger partial charge in [0, 0.05) is 17.9 Å². The van der Waals surface area contributed by atoms with Crippen LogP contribution in [0.5, 0.6) is 0 Å². The van der Waals surface area contributed by atoms with E-state index in [9.17, 15) is 4.79 Å². The Morgan fingerprint density at radius 1 is 1.82 bits per heavy atom. The van der Waals surface area contributed by atoms with E-state index < -0.39 is 5.97 Å². The summed E-state index contributed by atoms with van der Waals surface area (Å²) in [6, 6.07) is 0. The van der Waals surface area contributed by atoms with Gasteiger partial charge in [-0.2, -0.15) is 12.6 Å². The Kier molecular flexibility index (Phi) is 2.96. The summed E-state index contributed by atoms with van der Waals surface area (Å²) < 4.78 is 0. The number of hydrogen-bond donors (Lipinski definition) is 3. The van der Waals surface area contributed by atoms with Gasteiger partial charge in [0.15, 0.2) is 0 Å². The summed E-state index contributed by atoms with van der Waals surface area (Å²) in [5.41, 5.74) is 0.868. The van der Waals surface area contributed by atoms with Gasteiger partial charge in [-0.05, 0) is 18.5 Å². The van der Waals surface area contributed by atoms with E-state index in [4.69, 9.17) is 5.11 Å². The maximum atomic E-state index is 10.3. The van der Waals surface area contributed by atoms with Crippen molar-refractivity contribution >= 4 is 18.6 Å². The van der Waals surface area contributed by atoms with Gasteiger partial charge in [-0.1, -0.05) is 0 Å². The fraction of sp³-hybridized carbons (Fsp3) is 0.571. The van der Waals surface area contributed by atoms with Gasteiger partial charge in [0.2, 0.25) is 0 Å². The summed E-state index contributed by atoms with van der Waals surface area (Å²) in [6.07, 6.45) is 2.14. The van der Waals surface area contributed by atoms with Crippen molar-refractivity contribution in [2.45, 2.75) is 11.7 Å². The molecule has 0 aromatic rings. The van der Waals surface area contributed by atoms with Crippen LogP contribution in [0.15, 0.2) is 11.6 Å². The lowest BCUT2D eigenvalue weighted by Crippen LogP contribution is -2.31. The lowest BCUT2D eigenvalue weighted by Gasteiger charge is -2.21. The molecule has 0 radical (unpaired) electrons. The van der Waals surface area contributed by atoms with E-state index in [-0.39, 0.29) is 5.25 Å². The molecule has 3 nitrogen and oxygen atoms in total. The molecule has 62 valence electrons. The standard InChI is InChI=1S/C7H11NO2S/c9-7(10)3-5-4-8-2-1-6(5)11/h3,6,8,11H,1-2,4H2,(H,9,10). The SMILES string of the molecule is O=C(O)C=C1CNCCC1S. The fourth-order valence-corrected chi connectivity index (χ4v) is 1.38. The van der Waals surface area contributed by atoms with Crippen LogP contribution in [0.4, 0.5) is 0 Å². The van der Waals surface area contributed by atoms with Crippen molar-refractivity contribution in [2.75, 3.05) is 13.1 Å². The van der Waals surface area contributed by atoms with Gasteiger partial charge in [-0.25, -0.2) is 4.79 Å². The van der Waals surface area contributed by atoms with E-state index in [1.165, 1.54) is 6.08 Å². The second kappa shape index (κ2) is 3.78. The second-order valence-electron chi connectivity index (χ2n) is 2.54. The number of aliphatic carboxylic acids is 1. The van der Waals surface area contributed by atoms with Crippen LogP contribution in [0.3, 0.4) is 0 Å². The van der Waals surface area contributed by atoms with E-state index in [0.29, 0.717) is 6.54 Å². The quantitative estimate of drug-likeness (QED) is 0.394. The van der Waals surface area contributed by atoms with Gasteiger partial charge in [0.25, 0.3) is 0 Å². The maximum absolute atomic E-state index is 10.3. The van der Waals surface area contributed by atoms with Gasteiger partial charge >= 0.3 is 5.97 Å². The summed E-state index contributed by atoms with van der Waals surface area (Å²) >= 11 is 4.26. The summed E-state index contributed by atoms with van der Waals surface area (Å²) in [4.78, 5) is 10.3. The van der Waals surface area contributed by atoms with Crippen molar-refractivity contribution in [1.82, 2.24) is 5.32 Å². The van der Waals surface area contributed by atoms with Gasteiger partial charge in [0.05, 0.1) is 0 Å². The highest BCUT2D eigenvalue weighted by atomic mass is 32.1. The van der Waals surface area contributed by atoms with Crippen LogP contribution >= 0.6 is 12.6 Å². The van der Waals surface area contributed by atoms with Crippen LogP contribution in [-0.4, -0.2) is 29.4 Å². The molecule has 0 aromatic heterocycles. The molecule has 0 amide bonds. The Hall–Kier alpha value is -0.480. The minimum atomic E-state index is -0.886. The number of carboxylic acid groups (broad SMARTS) is 1. The molecule has 0 aromatic carbocycles. The first-order valence-electron chi connectivity index (χ1n) is 3.52. The number of hydrogen-bond acceptors (Lipinski definition) is 3. The second-order valence-corrected chi connectivity index (χ2v) is 3.16. The molecular formula is C7H11NO2S. The summed E-state index contributed by atoms with van der Waals surface area (Å²) in [5.74, 6) is -0.886. The lowest BCUT2D eigenvalue weighted by atomic mass is 10.1. The van der Waals surface area contributed by atoms with Crippen LogP contribution in [0.1, 0.15) is 6.42 Å². The van der Waals surface area contributed by atoms with Crippen molar-refractivity contribution in [3.63, 3.8) is 0 Å². The molecule has 0 aliphatic carbocycles. The minimum absolute atomic E-state index is 0.118. The minimum Gasteiger partial charge on any atom is -0.478 e. The Bertz CT molecular complexity index is 191. The number of rotatable bonds is 1. The topological polar surface area (TPSA) is 49.3 Å². The molecule has 0 bridgehead atoms. The fourth-order valence-electron chi connectivity index (χ4n) is 1.08. The zero-order valence-electron chi connectivity index (χ0n) is 6.08. The summed E-state index contributed by atoms with van der Waals surface area (Å²) in [5, 5.41) is 11.7. The van der Waals surface area contributed by atoms with Crippen LogP contribution in [0.25, 0.3) is 0 Å². The van der Waals surface area contributed by atoms with Crippen molar-refractivity contribution in [3.8, 4) is 0 Å². The van der Waals surface area contributed by atoms with Crippen molar-refractivity contribution < 1.29 is 9.90 Å². The van der Waals surface area contributed by atoms with Crippen LogP contribution < -0.4 is 5.32 Å². The number of carbonyl (C=O) groups is 1. The van der Waals surface area contributed by atoms with Crippen LogP contribution in [-0.2, 0) is 4.79 Å². The highest BCUT2D eigenvalue weighted by molar-refractivity contribution is 7.81. The predicted octanol–water partition coefficient (Wildman–Crippen LogP) is 0.289. The van der Waals surface area contributed by atoms with Crippen LogP contribution in [0.2, 0.25) is 0 Å². The molecule has 11 heavy (non-hydrogen) atoms. The third kappa shape index (κ3) is 2.55. The summed E-state index contributed by atoms with van der Waals surface area (Å²) in [7, 11) is 0. The molecule has 0 spiro atoms. The van der Waals surface area contributed by atoms with Gasteiger partial charge in [-0.15, -0.1) is 0 Å². The Balaban J connectivity index is 2.60. The van der Waals surface area contributed by atoms with E-state index in [2.05, 4.69) is 17.9 Å². The number of carboxylic acids is 1. The molecule has 1 rings (SSSR count). The number of nitrogens with one attached hydrogen (secondary N) is 1. The Morgan fingerprint density at radius 3 is 3.09 bits per heavy atom. The molecule has 4 heteroatoms. The molecule has 1 unspecified atom stereocenters. The zero-order chi connectivity index (χ0) is 8.27. The predicted molar refractivity (Wildman–Crippen MR) is 46.0 cm³/mol. The molecule has 1 atom stereocenters. The number of thiol groups is 1. The van der Waals surface area contributed by atoms with E-state index in [1.807, 2.05) is 0 Å². The van der Waals surface area contributed by atoms with Gasteiger partial charge < -0.3 is 10.4 Å². The smallest absolute Gasteiger partial charge is 0.328 e. The third-order valence-corrected chi connectivity index (χ3v) is 2.25. The highest BCUT2D eigenvalue weighted by Crippen LogP contribution is 2.15. The third-order valence-electron chi connectivity index (χ3n) is 1.66. The molecular weight excluding hydrogens is 162 g/mol. The normalized spacial score (nSPS) is 28.8. The summed E-state index contributed by atoms with van der Waals surface area (Å²) in [6.45, 7) is 1.57. The number of piperidine rings is 1. The first kappa shape index (κ1) is 8.62. The van der Waals surface area contributed by atoms with E-state index in [0.717, 1.165) is 18.5 Å². The zero-order valence-corrected chi connectivity index (χ0v) is 6.97. The maximum Gasteiger partial charge on any atom is 0.328 e. The Morgan fingerprint density at radius 2 is 2.55 bits per heavy atom. The molecule has 2 N–H and O–H groups in total. The average Bonchev–Trinajstić information content (AvgIpc) is 1.93. The monoisotopic (exact) mass is 173 g/mol. The van der Waals surface area contributed by atoms with E-state index >= 15 is 0 Å². The largest absolute Gasteiger partial charge is 0.478 e. The molecule has 1 aliphatic heterocycles. The molecule has 1 fully saturated rings. The van der Waals surface area contributed by atoms with Crippen molar-refractivity contribution in [3.05, 3.63) is 11.6 Å². The Labute approximate surface area is 70.9 Å². The first-order valence-corrected chi connectivity index (χ1v) is 4.04. The van der Waals surface area contributed by atoms with Crippen molar-refractivity contribution in [1.29, 1.82) is 0 Å². The van der Waals surface area contributed by atoms with Gasteiger partial charge in [0.1, 0.15) is 0 Å². The molecule has 1 heterocycles. The van der Waals surface area contributed by atoms with Crippen molar-refractivity contribution in [2.24, 2.45) is 0 Å². The average molecular weight is 173 g/mol. The van der Waals surface area contributed by atoms with Crippen LogP contribution in [0, 0.1) is 0 Å². The van der Waals surface area contributed by atoms with Gasteiger partial charge in [-0.3, -0.25) is 0 Å². The molecule has 0 saturated carbocycles. The highest BCUT2D eigenvalue weighted by Gasteiger charge is 2.14.